The minimum absolute atomic E-state index is 0.104. The second kappa shape index (κ2) is 13.1. The van der Waals surface area contributed by atoms with Crippen LogP contribution in [0, 0.1) is 38.9 Å². The van der Waals surface area contributed by atoms with Crippen LogP contribution in [-0.4, -0.2) is 138 Å². The molecule has 0 aromatic rings. The van der Waals surface area contributed by atoms with Crippen LogP contribution in [0.4, 0.5) is 0 Å². The number of esters is 1. The molecule has 2 bridgehead atoms. The normalized spacial score (nSPS) is 57.8. The quantitative estimate of drug-likeness (QED) is 0.113. The molecule has 318 valence electrons. The zero-order chi connectivity index (χ0) is 40.9. The molecular formula is C42H66O14. The molecule has 9 aliphatic rings. The lowest BCUT2D eigenvalue weighted by molar-refractivity contribution is -0.376. The van der Waals surface area contributed by atoms with E-state index >= 15 is 0 Å². The van der Waals surface area contributed by atoms with Crippen molar-refractivity contribution in [2.24, 2.45) is 38.9 Å². The lowest BCUT2D eigenvalue weighted by Crippen LogP contribution is -2.72. The molecule has 0 amide bonds. The van der Waals surface area contributed by atoms with Crippen molar-refractivity contribution < 1.29 is 69.3 Å². The first kappa shape index (κ1) is 41.5. The molecule has 4 heterocycles. The Labute approximate surface area is 329 Å². The van der Waals surface area contributed by atoms with Gasteiger partial charge in [0.15, 0.2) is 12.6 Å². The highest BCUT2D eigenvalue weighted by Gasteiger charge is 2.75. The topological polar surface area (TPSA) is 225 Å². The van der Waals surface area contributed by atoms with Gasteiger partial charge in [-0.1, -0.05) is 34.6 Å². The highest BCUT2D eigenvalue weighted by atomic mass is 16.8. The van der Waals surface area contributed by atoms with Crippen LogP contribution in [0.5, 0.6) is 0 Å². The summed E-state index contributed by atoms with van der Waals surface area (Å²) in [6, 6.07) is 0. The molecule has 0 aromatic carbocycles. The highest BCUT2D eigenvalue weighted by Crippen LogP contribution is 2.77. The first-order chi connectivity index (χ1) is 25.9. The largest absolute Gasteiger partial charge is 0.455 e. The average molecular weight is 795 g/mol. The Morgan fingerprint density at radius 3 is 2.07 bits per heavy atom. The summed E-state index contributed by atoms with van der Waals surface area (Å²) in [4.78, 5) is 13.7. The van der Waals surface area contributed by atoms with E-state index in [0.29, 0.717) is 44.1 Å². The van der Waals surface area contributed by atoms with Crippen LogP contribution in [0.2, 0.25) is 0 Å². The summed E-state index contributed by atoms with van der Waals surface area (Å²) in [5.74, 6) is -0.0393. The van der Waals surface area contributed by atoms with Gasteiger partial charge in [0.05, 0.1) is 30.3 Å². The van der Waals surface area contributed by atoms with Crippen LogP contribution in [0.1, 0.15) is 113 Å². The zero-order valence-electron chi connectivity index (χ0n) is 34.2. The minimum atomic E-state index is -1.67. The monoisotopic (exact) mass is 794 g/mol. The van der Waals surface area contributed by atoms with E-state index in [1.165, 1.54) is 6.92 Å². The van der Waals surface area contributed by atoms with E-state index in [-0.39, 0.29) is 28.6 Å². The number of fused-ring (bicyclic) bond motifs is 7. The van der Waals surface area contributed by atoms with Crippen molar-refractivity contribution in [3.05, 3.63) is 11.1 Å². The molecule has 14 nitrogen and oxygen atoms in total. The Balaban J connectivity index is 1.08. The van der Waals surface area contributed by atoms with E-state index in [9.17, 15) is 45.6 Å². The van der Waals surface area contributed by atoms with Gasteiger partial charge in [-0.3, -0.25) is 4.79 Å². The summed E-state index contributed by atoms with van der Waals surface area (Å²) in [5, 5.41) is 88.4. The lowest BCUT2D eigenvalue weighted by Gasteiger charge is -2.73. The molecule has 4 saturated heterocycles. The van der Waals surface area contributed by atoms with E-state index in [4.69, 9.17) is 23.7 Å². The maximum atomic E-state index is 13.7. The minimum Gasteiger partial charge on any atom is -0.455 e. The molecule has 20 atom stereocenters. The van der Waals surface area contributed by atoms with E-state index in [1.807, 2.05) is 6.92 Å². The fourth-order valence-electron chi connectivity index (χ4n) is 14.1. The van der Waals surface area contributed by atoms with Crippen molar-refractivity contribution in [2.75, 3.05) is 6.61 Å². The number of aliphatic hydroxyl groups is 8. The van der Waals surface area contributed by atoms with Crippen LogP contribution in [-0.2, 0) is 28.5 Å². The molecule has 20 unspecified atom stereocenters. The summed E-state index contributed by atoms with van der Waals surface area (Å²) in [6.07, 6.45) is -9.25. The number of aliphatic hydroxyl groups excluding tert-OH is 7. The third-order valence-electron chi connectivity index (χ3n) is 17.9. The Kier molecular flexibility index (Phi) is 9.71. The van der Waals surface area contributed by atoms with Crippen molar-refractivity contribution in [2.45, 2.75) is 198 Å². The maximum Gasteiger partial charge on any atom is 0.317 e. The van der Waals surface area contributed by atoms with Crippen molar-refractivity contribution in [3.8, 4) is 0 Å². The van der Waals surface area contributed by atoms with E-state index in [1.54, 1.807) is 6.92 Å². The van der Waals surface area contributed by atoms with Crippen LogP contribution >= 0.6 is 0 Å². The maximum absolute atomic E-state index is 13.7. The summed E-state index contributed by atoms with van der Waals surface area (Å²) in [5.41, 5.74) is -3.23. The highest BCUT2D eigenvalue weighted by molar-refractivity contribution is 5.86. The molecule has 56 heavy (non-hydrogen) atoms. The Bertz CT molecular complexity index is 1620. The van der Waals surface area contributed by atoms with Crippen molar-refractivity contribution in [3.63, 3.8) is 0 Å². The summed E-state index contributed by atoms with van der Waals surface area (Å²) in [7, 11) is 0. The number of ether oxygens (including phenoxy) is 5. The fraction of sp³-hybridized carbons (Fsp3) is 0.929. The van der Waals surface area contributed by atoms with Gasteiger partial charge in [0.2, 0.25) is 0 Å². The molecule has 4 saturated carbocycles. The van der Waals surface area contributed by atoms with Gasteiger partial charge in [-0.15, -0.1) is 0 Å². The summed E-state index contributed by atoms with van der Waals surface area (Å²) < 4.78 is 30.5. The number of hydrogen-bond donors (Lipinski definition) is 8. The molecule has 4 aliphatic heterocycles. The van der Waals surface area contributed by atoms with Crippen LogP contribution in [0.15, 0.2) is 11.1 Å². The molecule has 1 spiro atoms. The Morgan fingerprint density at radius 1 is 0.732 bits per heavy atom. The molecule has 14 heteroatoms. The number of hydrogen-bond acceptors (Lipinski definition) is 14. The van der Waals surface area contributed by atoms with Gasteiger partial charge in [0, 0.05) is 0 Å². The van der Waals surface area contributed by atoms with Gasteiger partial charge >= 0.3 is 5.97 Å². The zero-order valence-corrected chi connectivity index (χ0v) is 34.2. The third kappa shape index (κ3) is 5.26. The van der Waals surface area contributed by atoms with Gasteiger partial charge in [0.1, 0.15) is 53.9 Å². The molecular weight excluding hydrogens is 728 g/mol. The molecule has 0 aromatic heterocycles. The van der Waals surface area contributed by atoms with Crippen molar-refractivity contribution in [1.82, 2.24) is 0 Å². The van der Waals surface area contributed by atoms with E-state index in [0.717, 1.165) is 24.8 Å². The smallest absolute Gasteiger partial charge is 0.317 e. The Hall–Kier alpha value is -1.27. The number of carbonyl (C=O) groups is 1. The van der Waals surface area contributed by atoms with Crippen LogP contribution in [0.3, 0.4) is 0 Å². The standard InChI is InChI=1S/C42H66O14/c1-19-26(45)28(47)30(49)33(52-19)55-31-29(48)27(46)21(18-43)53-34(31)54-24-10-11-37(4)22(36(24,2)3)9-12-38(5)23(37)17-20(44)25-32-41(8,51)40(7)14-16-42(32,35(50)56-40)15-13-39(25,38)6/h19-24,26-31,33-34,43-49,51H,9-18H2,1-8H3. The van der Waals surface area contributed by atoms with E-state index < -0.39 is 108 Å². The van der Waals surface area contributed by atoms with Crippen LogP contribution < -0.4 is 0 Å². The van der Waals surface area contributed by atoms with Gasteiger partial charge in [-0.2, -0.15) is 0 Å². The first-order valence-corrected chi connectivity index (χ1v) is 21.0. The van der Waals surface area contributed by atoms with Gasteiger partial charge in [-0.25, -0.2) is 0 Å². The second-order valence-electron chi connectivity index (χ2n) is 20.7. The second-order valence-corrected chi connectivity index (χ2v) is 20.7. The first-order valence-electron chi connectivity index (χ1n) is 21.0. The van der Waals surface area contributed by atoms with Crippen molar-refractivity contribution >= 4 is 5.97 Å². The number of carbonyl (C=O) groups excluding carboxylic acids is 1. The van der Waals surface area contributed by atoms with Crippen molar-refractivity contribution in [1.29, 1.82) is 0 Å². The molecule has 0 radical (unpaired) electrons. The van der Waals surface area contributed by atoms with Gasteiger partial charge < -0.3 is 64.5 Å². The number of rotatable bonds is 5. The predicted octanol–water partition coefficient (Wildman–Crippen LogP) is 1.59. The van der Waals surface area contributed by atoms with Gasteiger partial charge in [0.25, 0.3) is 0 Å². The molecule has 8 fully saturated rings. The molecule has 9 rings (SSSR count). The summed E-state index contributed by atoms with van der Waals surface area (Å²) >= 11 is 0. The molecule has 5 aliphatic carbocycles. The van der Waals surface area contributed by atoms with Gasteiger partial charge in [-0.05, 0) is 123 Å². The lowest BCUT2D eigenvalue weighted by atomic mass is 9.33. The Morgan fingerprint density at radius 2 is 1.41 bits per heavy atom. The SMILES string of the molecule is CC1OC(OC2C(OC3CCC4(C)C(CCC5(C)C4CC(O)C4=C6C7(CCC(C)(OC7=O)C6(C)O)CCC45C)C3(C)C)OC(CO)C(O)C2O)C(O)C(O)C1O. The third-order valence-corrected chi connectivity index (χ3v) is 17.9. The van der Waals surface area contributed by atoms with Crippen LogP contribution in [0.25, 0.3) is 0 Å². The molecule has 8 N–H and O–H groups in total. The van der Waals surface area contributed by atoms with E-state index in [2.05, 4.69) is 34.6 Å². The fourth-order valence-corrected chi connectivity index (χ4v) is 14.1. The predicted molar refractivity (Wildman–Crippen MR) is 197 cm³/mol. The average Bonchev–Trinajstić information content (AvgIpc) is 3.12. The summed E-state index contributed by atoms with van der Waals surface area (Å²) in [6.45, 7) is 15.8.